The van der Waals surface area contributed by atoms with Gasteiger partial charge in [0, 0.05) is 23.8 Å². The number of carbonyl (C=O) groups is 2. The van der Waals surface area contributed by atoms with Crippen LogP contribution >= 0.6 is 27.4 Å². The van der Waals surface area contributed by atoms with Crippen molar-refractivity contribution in [2.24, 2.45) is 0 Å². The number of nitrogens with one attached hydrogen (secondary N) is 2. The first-order valence-electron chi connectivity index (χ1n) is 11.6. The molecule has 2 saturated heterocycles. The van der Waals surface area contributed by atoms with Gasteiger partial charge in [0.05, 0.1) is 18.7 Å². The van der Waals surface area contributed by atoms with Gasteiger partial charge in [-0.15, -0.1) is 0 Å². The van der Waals surface area contributed by atoms with Gasteiger partial charge in [0.1, 0.15) is 5.78 Å². The summed E-state index contributed by atoms with van der Waals surface area (Å²) in [5, 5.41) is 6.35. The monoisotopic (exact) mass is 554 g/mol. The summed E-state index contributed by atoms with van der Waals surface area (Å²) in [4.78, 5) is 50.0. The average Bonchev–Trinajstić information content (AvgIpc) is 3.27. The SMILES string of the molecule is C/C(=C\COP(=O)(O)OP(=O)(O)O)CC/C=C(\C)CCC(=O)CCCC[C@@H]1SC[C@@H]2NC(=O)N[C@@H]21. The quantitative estimate of drug-likeness (QED) is 0.0814. The van der Waals surface area contributed by atoms with Gasteiger partial charge in [-0.25, -0.2) is 13.9 Å². The highest BCUT2D eigenvalue weighted by molar-refractivity contribution is 8.00. The zero-order valence-electron chi connectivity index (χ0n) is 20.1. The Hall–Kier alpha value is -0.970. The summed E-state index contributed by atoms with van der Waals surface area (Å²) in [5.74, 6) is 1.20. The van der Waals surface area contributed by atoms with Crippen LogP contribution in [-0.2, 0) is 22.8 Å². The van der Waals surface area contributed by atoms with Gasteiger partial charge < -0.3 is 25.3 Å². The highest BCUT2D eigenvalue weighted by Crippen LogP contribution is 2.57. The van der Waals surface area contributed by atoms with Crippen molar-refractivity contribution in [3.05, 3.63) is 23.3 Å². The van der Waals surface area contributed by atoms with Crippen LogP contribution in [0.4, 0.5) is 4.79 Å². The molecule has 0 bridgehead atoms. The predicted octanol–water partition coefficient (Wildman–Crippen LogP) is 3.96. The van der Waals surface area contributed by atoms with Crippen LogP contribution < -0.4 is 10.6 Å². The standard InChI is InChI=1S/C21H36N2O9P2S/c1-15(6-5-7-16(2)12-13-31-34(29,30)32-33(26,27)28)10-11-17(24)8-3-4-9-19-20-18(14-35-19)22-21(25)23-20/h6,12,18-20H,3-5,7-11,13-14H2,1-2H3,(H,29,30)(H2,22,23,25)(H2,26,27,28)/b15-6+,16-12+/t18-,19-,20-/m0/s1. The highest BCUT2D eigenvalue weighted by atomic mass is 32.2. The molecule has 11 nitrogen and oxygen atoms in total. The lowest BCUT2D eigenvalue weighted by molar-refractivity contribution is -0.119. The highest BCUT2D eigenvalue weighted by Gasteiger charge is 2.42. The zero-order valence-corrected chi connectivity index (χ0v) is 22.7. The molecule has 2 fully saturated rings. The number of unbranched alkanes of at least 4 members (excludes halogenated alkanes) is 1. The number of allylic oxidation sites excluding steroid dienone is 3. The molecule has 2 amide bonds. The largest absolute Gasteiger partial charge is 0.481 e. The Labute approximate surface area is 210 Å². The van der Waals surface area contributed by atoms with Crippen molar-refractivity contribution in [1.82, 2.24) is 10.6 Å². The Bertz CT molecular complexity index is 905. The summed E-state index contributed by atoms with van der Waals surface area (Å²) in [7, 11) is -9.94. The third kappa shape index (κ3) is 12.2. The number of phosphoric acid groups is 2. The van der Waals surface area contributed by atoms with Crippen LogP contribution in [0, 0.1) is 0 Å². The number of hydrogen-bond acceptors (Lipinski definition) is 7. The van der Waals surface area contributed by atoms with E-state index in [1.165, 1.54) is 0 Å². The maximum Gasteiger partial charge on any atom is 0.481 e. The molecule has 0 aliphatic carbocycles. The molecule has 5 N–H and O–H groups in total. The molecule has 4 atom stereocenters. The van der Waals surface area contributed by atoms with E-state index in [2.05, 4.69) is 25.5 Å². The number of Topliss-reactive ketones (excluding diaryl/α,β-unsaturated/α-hetero) is 1. The number of rotatable bonds is 16. The molecule has 14 heteroatoms. The van der Waals surface area contributed by atoms with E-state index in [1.54, 1.807) is 6.08 Å². The zero-order chi connectivity index (χ0) is 26.1. The molecule has 2 rings (SSSR count). The van der Waals surface area contributed by atoms with Crippen LogP contribution in [-0.4, -0.2) is 56.2 Å². The van der Waals surface area contributed by atoms with Crippen molar-refractivity contribution in [3.8, 4) is 0 Å². The van der Waals surface area contributed by atoms with Gasteiger partial charge in [0.2, 0.25) is 0 Å². The van der Waals surface area contributed by atoms with Crippen molar-refractivity contribution in [3.63, 3.8) is 0 Å². The fraction of sp³-hybridized carbons (Fsp3) is 0.714. The van der Waals surface area contributed by atoms with Gasteiger partial charge in [0.15, 0.2) is 0 Å². The van der Waals surface area contributed by atoms with E-state index in [0.717, 1.165) is 42.6 Å². The molecule has 0 radical (unpaired) electrons. The summed E-state index contributed by atoms with van der Waals surface area (Å²) in [6, 6.07) is 0.365. The first-order chi connectivity index (χ1) is 16.3. The minimum Gasteiger partial charge on any atom is -0.332 e. The Balaban J connectivity index is 1.55. The van der Waals surface area contributed by atoms with E-state index in [1.807, 2.05) is 25.6 Å². The number of hydrogen-bond donors (Lipinski definition) is 5. The van der Waals surface area contributed by atoms with Crippen molar-refractivity contribution in [2.75, 3.05) is 12.4 Å². The Morgan fingerprint density at radius 1 is 1.06 bits per heavy atom. The average molecular weight is 555 g/mol. The molecule has 0 aromatic heterocycles. The minimum absolute atomic E-state index is 0.0755. The van der Waals surface area contributed by atoms with Crippen LogP contribution in [0.5, 0.6) is 0 Å². The summed E-state index contributed by atoms with van der Waals surface area (Å²) < 4.78 is 30.2. The molecule has 0 aromatic rings. The number of thioether (sulfide) groups is 1. The van der Waals surface area contributed by atoms with E-state index in [-0.39, 0.29) is 30.5 Å². The maximum absolute atomic E-state index is 12.2. The molecule has 2 heterocycles. The van der Waals surface area contributed by atoms with Crippen LogP contribution in [0.3, 0.4) is 0 Å². The lowest BCUT2D eigenvalue weighted by Crippen LogP contribution is -2.36. The Kier molecular flexibility index (Phi) is 12.2. The molecule has 0 spiro atoms. The first-order valence-corrected chi connectivity index (χ1v) is 15.7. The second-order valence-electron chi connectivity index (χ2n) is 8.88. The fourth-order valence-corrected chi connectivity index (χ4v) is 7.02. The fourth-order valence-electron chi connectivity index (χ4n) is 3.95. The molecule has 0 saturated carbocycles. The van der Waals surface area contributed by atoms with Crippen LogP contribution in [0.15, 0.2) is 23.3 Å². The van der Waals surface area contributed by atoms with Crippen LogP contribution in [0.1, 0.15) is 65.2 Å². The summed E-state index contributed by atoms with van der Waals surface area (Å²) in [6.07, 6.45) is 9.63. The van der Waals surface area contributed by atoms with Gasteiger partial charge in [-0.05, 0) is 46.0 Å². The Morgan fingerprint density at radius 3 is 2.49 bits per heavy atom. The molecule has 200 valence electrons. The number of urea groups is 1. The van der Waals surface area contributed by atoms with Gasteiger partial charge >= 0.3 is 21.7 Å². The smallest absolute Gasteiger partial charge is 0.332 e. The van der Waals surface area contributed by atoms with Crippen molar-refractivity contribution < 1.29 is 42.2 Å². The molecule has 35 heavy (non-hydrogen) atoms. The predicted molar refractivity (Wildman–Crippen MR) is 134 cm³/mol. The number of ketones is 1. The molecule has 2 aliphatic heterocycles. The van der Waals surface area contributed by atoms with Crippen LogP contribution in [0.25, 0.3) is 0 Å². The second kappa shape index (κ2) is 14.1. The van der Waals surface area contributed by atoms with Crippen molar-refractivity contribution in [1.29, 1.82) is 0 Å². The van der Waals surface area contributed by atoms with E-state index >= 15 is 0 Å². The van der Waals surface area contributed by atoms with Gasteiger partial charge in [0.25, 0.3) is 0 Å². The van der Waals surface area contributed by atoms with Gasteiger partial charge in [-0.2, -0.15) is 16.1 Å². The molecule has 2 aliphatic rings. The minimum atomic E-state index is -5.12. The molecule has 0 aromatic carbocycles. The Morgan fingerprint density at radius 2 is 1.77 bits per heavy atom. The van der Waals surface area contributed by atoms with E-state index in [9.17, 15) is 23.6 Å². The van der Waals surface area contributed by atoms with E-state index in [4.69, 9.17) is 9.79 Å². The molecule has 1 unspecified atom stereocenters. The van der Waals surface area contributed by atoms with E-state index in [0.29, 0.717) is 30.9 Å². The summed E-state index contributed by atoms with van der Waals surface area (Å²) in [5.41, 5.74) is 2.00. The van der Waals surface area contributed by atoms with Crippen molar-refractivity contribution >= 4 is 39.2 Å². The molecular formula is C21H36N2O9P2S. The van der Waals surface area contributed by atoms with E-state index < -0.39 is 15.6 Å². The third-order valence-electron chi connectivity index (χ3n) is 5.84. The molecular weight excluding hydrogens is 518 g/mol. The maximum atomic E-state index is 12.2. The normalized spacial score (nSPS) is 24.6. The summed E-state index contributed by atoms with van der Waals surface area (Å²) in [6.45, 7) is 3.47. The van der Waals surface area contributed by atoms with Crippen molar-refractivity contribution in [2.45, 2.75) is 82.5 Å². The third-order valence-corrected chi connectivity index (χ3v) is 9.50. The van der Waals surface area contributed by atoms with Gasteiger partial charge in [-0.1, -0.05) is 29.7 Å². The summed E-state index contributed by atoms with van der Waals surface area (Å²) >= 11 is 1.89. The lowest BCUT2D eigenvalue weighted by Gasteiger charge is -2.16. The number of phosphoric ester groups is 1. The topological polar surface area (TPSA) is 171 Å². The van der Waals surface area contributed by atoms with Crippen LogP contribution in [0.2, 0.25) is 0 Å². The number of fused-ring (bicyclic) bond motifs is 1. The second-order valence-corrected chi connectivity index (χ2v) is 13.0. The van der Waals surface area contributed by atoms with Gasteiger partial charge in [-0.3, -0.25) is 9.32 Å². The first kappa shape index (κ1) is 30.3. The lowest BCUT2D eigenvalue weighted by atomic mass is 10.0. The number of carbonyl (C=O) groups excluding carboxylic acids is 2. The number of amides is 2.